The van der Waals surface area contributed by atoms with Crippen LogP contribution in [-0.4, -0.2) is 11.8 Å². The van der Waals surface area contributed by atoms with E-state index >= 15 is 0 Å². The standard InChI is InChI=1S/C25H27FN2O2/c1-16-6-8-19(9-7-16)24-11-17-10-18(12-24)14-25(13-17,15-24)23(30)28-27-22(29)20-4-2-3-5-21(20)26/h2-9,17-18H,10-15H2,1H3,(H,27,29)(H,28,30). The lowest BCUT2D eigenvalue weighted by atomic mass is 9.42. The molecule has 2 unspecified atom stereocenters. The number of hydrazine groups is 1. The van der Waals surface area contributed by atoms with Crippen LogP contribution in [0.25, 0.3) is 0 Å². The van der Waals surface area contributed by atoms with Gasteiger partial charge in [-0.1, -0.05) is 42.0 Å². The van der Waals surface area contributed by atoms with Gasteiger partial charge in [-0.25, -0.2) is 4.39 Å². The van der Waals surface area contributed by atoms with Gasteiger partial charge in [0.05, 0.1) is 11.0 Å². The molecule has 0 radical (unpaired) electrons. The molecule has 0 aromatic heterocycles. The van der Waals surface area contributed by atoms with Gasteiger partial charge in [0.25, 0.3) is 5.91 Å². The minimum absolute atomic E-state index is 0.0463. The summed E-state index contributed by atoms with van der Waals surface area (Å²) in [6.07, 6.45) is 6.05. The molecule has 5 heteroatoms. The molecule has 0 spiro atoms. The number of halogens is 1. The lowest BCUT2D eigenvalue weighted by Gasteiger charge is -2.61. The van der Waals surface area contributed by atoms with Crippen molar-refractivity contribution in [1.82, 2.24) is 10.9 Å². The molecule has 2 N–H and O–H groups in total. The van der Waals surface area contributed by atoms with Crippen molar-refractivity contribution < 1.29 is 14.0 Å². The predicted molar refractivity (Wildman–Crippen MR) is 112 cm³/mol. The predicted octanol–water partition coefficient (Wildman–Crippen LogP) is 4.43. The number of benzene rings is 2. The zero-order valence-corrected chi connectivity index (χ0v) is 17.2. The van der Waals surface area contributed by atoms with Crippen molar-refractivity contribution in [2.24, 2.45) is 17.3 Å². The molecule has 0 saturated heterocycles. The van der Waals surface area contributed by atoms with E-state index < -0.39 is 17.1 Å². The highest BCUT2D eigenvalue weighted by atomic mass is 19.1. The van der Waals surface area contributed by atoms with Gasteiger partial charge in [-0.05, 0) is 80.4 Å². The molecule has 0 heterocycles. The molecule has 30 heavy (non-hydrogen) atoms. The maximum absolute atomic E-state index is 13.9. The molecule has 4 saturated carbocycles. The van der Waals surface area contributed by atoms with Crippen molar-refractivity contribution in [3.8, 4) is 0 Å². The van der Waals surface area contributed by atoms with Crippen LogP contribution in [0, 0.1) is 30.0 Å². The third kappa shape index (κ3) is 3.11. The largest absolute Gasteiger partial charge is 0.273 e. The van der Waals surface area contributed by atoms with E-state index in [2.05, 4.69) is 42.0 Å². The third-order valence-corrected chi connectivity index (χ3v) is 7.61. The summed E-state index contributed by atoms with van der Waals surface area (Å²) in [7, 11) is 0. The first-order valence-electron chi connectivity index (χ1n) is 10.8. The minimum Gasteiger partial charge on any atom is -0.273 e. The molecule has 4 fully saturated rings. The second-order valence-corrected chi connectivity index (χ2v) is 9.78. The Morgan fingerprint density at radius 3 is 2.27 bits per heavy atom. The lowest BCUT2D eigenvalue weighted by Crippen LogP contribution is -2.60. The number of aryl methyl sites for hydroxylation is 1. The molecule has 2 atom stereocenters. The molecule has 4 aliphatic carbocycles. The maximum Gasteiger partial charge on any atom is 0.272 e. The summed E-state index contributed by atoms with van der Waals surface area (Å²) in [6, 6.07) is 14.6. The zero-order valence-electron chi connectivity index (χ0n) is 17.2. The van der Waals surface area contributed by atoms with Gasteiger partial charge in [-0.15, -0.1) is 0 Å². The summed E-state index contributed by atoms with van der Waals surface area (Å²) in [5, 5.41) is 0. The topological polar surface area (TPSA) is 58.2 Å². The fraction of sp³-hybridized carbons (Fsp3) is 0.440. The van der Waals surface area contributed by atoms with Crippen molar-refractivity contribution in [2.75, 3.05) is 0 Å². The Kier molecular flexibility index (Phi) is 4.46. The van der Waals surface area contributed by atoms with Crippen LogP contribution in [0.15, 0.2) is 48.5 Å². The Hall–Kier alpha value is -2.69. The zero-order chi connectivity index (χ0) is 20.9. The first kappa shape index (κ1) is 19.3. The number of hydrogen-bond acceptors (Lipinski definition) is 2. The highest BCUT2D eigenvalue weighted by Gasteiger charge is 2.61. The summed E-state index contributed by atoms with van der Waals surface area (Å²) in [4.78, 5) is 25.7. The SMILES string of the molecule is Cc1ccc(C23CC4CC(CC(C(=O)NNC(=O)c5ccccc5F)(C4)C2)C3)cc1. The molecule has 4 aliphatic rings. The van der Waals surface area contributed by atoms with Crippen molar-refractivity contribution >= 4 is 11.8 Å². The van der Waals surface area contributed by atoms with Crippen LogP contribution in [0.4, 0.5) is 4.39 Å². The smallest absolute Gasteiger partial charge is 0.272 e. The van der Waals surface area contributed by atoms with Crippen molar-refractivity contribution in [3.63, 3.8) is 0 Å². The number of carbonyl (C=O) groups is 2. The number of carbonyl (C=O) groups excluding carboxylic acids is 2. The second-order valence-electron chi connectivity index (χ2n) is 9.78. The number of hydrogen-bond donors (Lipinski definition) is 2. The average molecular weight is 407 g/mol. The molecule has 2 amide bonds. The Balaban J connectivity index is 1.36. The molecule has 6 rings (SSSR count). The Morgan fingerprint density at radius 1 is 0.933 bits per heavy atom. The second kappa shape index (κ2) is 6.93. The van der Waals surface area contributed by atoms with Gasteiger partial charge in [0, 0.05) is 0 Å². The Morgan fingerprint density at radius 2 is 1.60 bits per heavy atom. The van der Waals surface area contributed by atoms with Gasteiger partial charge in [0.1, 0.15) is 5.82 Å². The molecule has 0 aliphatic heterocycles. The quantitative estimate of drug-likeness (QED) is 0.741. The number of amides is 2. The fourth-order valence-corrected chi connectivity index (χ4v) is 6.73. The van der Waals surface area contributed by atoms with E-state index in [9.17, 15) is 14.0 Å². The van der Waals surface area contributed by atoms with E-state index in [1.165, 1.54) is 35.7 Å². The molecule has 156 valence electrons. The van der Waals surface area contributed by atoms with E-state index in [0.29, 0.717) is 11.8 Å². The molecule has 2 aromatic carbocycles. The van der Waals surface area contributed by atoms with Crippen LogP contribution in [0.2, 0.25) is 0 Å². The average Bonchev–Trinajstić information content (AvgIpc) is 2.71. The van der Waals surface area contributed by atoms with Crippen LogP contribution in [0.5, 0.6) is 0 Å². The normalized spacial score (nSPS) is 31.4. The monoisotopic (exact) mass is 406 g/mol. The van der Waals surface area contributed by atoms with E-state index in [1.807, 2.05) is 0 Å². The van der Waals surface area contributed by atoms with Crippen molar-refractivity contribution in [1.29, 1.82) is 0 Å². The highest BCUT2D eigenvalue weighted by Crippen LogP contribution is 2.65. The van der Waals surface area contributed by atoms with E-state index in [-0.39, 0.29) is 16.9 Å². The highest BCUT2D eigenvalue weighted by molar-refractivity contribution is 5.96. The number of nitrogens with one attached hydrogen (secondary N) is 2. The molecular weight excluding hydrogens is 379 g/mol. The van der Waals surface area contributed by atoms with E-state index in [0.717, 1.165) is 32.1 Å². The third-order valence-electron chi connectivity index (χ3n) is 7.61. The van der Waals surface area contributed by atoms with Gasteiger partial charge >= 0.3 is 0 Å². The molecule has 4 nitrogen and oxygen atoms in total. The van der Waals surface area contributed by atoms with Crippen LogP contribution in [0.3, 0.4) is 0 Å². The van der Waals surface area contributed by atoms with Gasteiger partial charge < -0.3 is 0 Å². The van der Waals surface area contributed by atoms with Gasteiger partial charge in [-0.2, -0.15) is 0 Å². The minimum atomic E-state index is -0.626. The first-order chi connectivity index (χ1) is 14.4. The van der Waals surface area contributed by atoms with Crippen LogP contribution >= 0.6 is 0 Å². The number of rotatable bonds is 3. The summed E-state index contributed by atoms with van der Waals surface area (Å²) in [5.41, 5.74) is 7.18. The Bertz CT molecular complexity index is 986. The summed E-state index contributed by atoms with van der Waals surface area (Å²) >= 11 is 0. The van der Waals surface area contributed by atoms with Crippen molar-refractivity contribution in [2.45, 2.75) is 50.9 Å². The van der Waals surface area contributed by atoms with Crippen molar-refractivity contribution in [3.05, 3.63) is 71.0 Å². The van der Waals surface area contributed by atoms with Gasteiger partial charge in [0.15, 0.2) is 0 Å². The summed E-state index contributed by atoms with van der Waals surface area (Å²) in [6.45, 7) is 2.09. The lowest BCUT2D eigenvalue weighted by molar-refractivity contribution is -0.149. The molecular formula is C25H27FN2O2. The Labute approximate surface area is 176 Å². The first-order valence-corrected chi connectivity index (χ1v) is 10.8. The van der Waals surface area contributed by atoms with Crippen LogP contribution in [0.1, 0.15) is 60.0 Å². The molecule has 2 aromatic rings. The van der Waals surface area contributed by atoms with E-state index in [4.69, 9.17) is 0 Å². The molecule has 4 bridgehead atoms. The maximum atomic E-state index is 13.9. The van der Waals surface area contributed by atoms with Gasteiger partial charge in [-0.3, -0.25) is 20.4 Å². The van der Waals surface area contributed by atoms with Gasteiger partial charge in [0.2, 0.25) is 5.91 Å². The fourth-order valence-electron chi connectivity index (χ4n) is 6.73. The van der Waals surface area contributed by atoms with Crippen LogP contribution < -0.4 is 10.9 Å². The van der Waals surface area contributed by atoms with Crippen LogP contribution in [-0.2, 0) is 10.2 Å². The summed E-state index contributed by atoms with van der Waals surface area (Å²) in [5.74, 6) is -0.268. The summed E-state index contributed by atoms with van der Waals surface area (Å²) < 4.78 is 13.9. The van der Waals surface area contributed by atoms with E-state index in [1.54, 1.807) is 6.07 Å².